The van der Waals surface area contributed by atoms with Crippen LogP contribution in [-0.4, -0.2) is 38.3 Å². The molecular formula is C18H19N3O2S. The Morgan fingerprint density at radius 2 is 1.79 bits per heavy atom. The van der Waals surface area contributed by atoms with Gasteiger partial charge in [0, 0.05) is 12.8 Å². The van der Waals surface area contributed by atoms with Crippen LogP contribution in [0.15, 0.2) is 66.1 Å². The van der Waals surface area contributed by atoms with Gasteiger partial charge in [-0.3, -0.25) is 0 Å². The molecule has 1 heterocycles. The summed E-state index contributed by atoms with van der Waals surface area (Å²) in [6.45, 7) is 0.246. The molecule has 3 rings (SSSR count). The molecule has 0 saturated heterocycles. The summed E-state index contributed by atoms with van der Waals surface area (Å²) < 4.78 is 7.47. The molecule has 2 aromatic carbocycles. The van der Waals surface area contributed by atoms with Crippen molar-refractivity contribution in [3.05, 3.63) is 60.9 Å². The molecule has 0 bridgehead atoms. The molecule has 0 fully saturated rings. The lowest BCUT2D eigenvalue weighted by Gasteiger charge is -2.12. The van der Waals surface area contributed by atoms with E-state index in [4.69, 9.17) is 4.74 Å². The molecular weight excluding hydrogens is 322 g/mol. The molecule has 3 aromatic rings. The van der Waals surface area contributed by atoms with Gasteiger partial charge in [-0.1, -0.05) is 54.2 Å². The summed E-state index contributed by atoms with van der Waals surface area (Å²) in [5, 5.41) is 18.6. The molecule has 0 aliphatic heterocycles. The summed E-state index contributed by atoms with van der Waals surface area (Å²) >= 11 is 1.46. The van der Waals surface area contributed by atoms with Gasteiger partial charge in [-0.2, -0.15) is 0 Å². The molecule has 0 unspecified atom stereocenters. The molecule has 6 heteroatoms. The Hall–Kier alpha value is -2.31. The van der Waals surface area contributed by atoms with Crippen LogP contribution in [0.5, 0.6) is 5.75 Å². The Balaban J connectivity index is 1.48. The van der Waals surface area contributed by atoms with Gasteiger partial charge in [0.2, 0.25) is 0 Å². The van der Waals surface area contributed by atoms with Crippen LogP contribution in [0.2, 0.25) is 0 Å². The van der Waals surface area contributed by atoms with Gasteiger partial charge in [0.1, 0.15) is 18.7 Å². The van der Waals surface area contributed by atoms with Crippen molar-refractivity contribution >= 4 is 11.8 Å². The third-order valence-electron chi connectivity index (χ3n) is 3.48. The van der Waals surface area contributed by atoms with E-state index in [0.29, 0.717) is 5.75 Å². The zero-order valence-electron chi connectivity index (χ0n) is 13.4. The molecule has 0 saturated carbocycles. The van der Waals surface area contributed by atoms with Crippen molar-refractivity contribution in [2.75, 3.05) is 12.4 Å². The predicted octanol–water partition coefficient (Wildman–Crippen LogP) is 3.01. The number of nitrogens with zero attached hydrogens (tertiary/aromatic N) is 3. The van der Waals surface area contributed by atoms with Gasteiger partial charge in [-0.25, -0.2) is 0 Å². The Labute approximate surface area is 145 Å². The van der Waals surface area contributed by atoms with Crippen molar-refractivity contribution in [3.8, 4) is 16.9 Å². The second-order valence-electron chi connectivity index (χ2n) is 5.39. The molecule has 1 atom stereocenters. The third kappa shape index (κ3) is 4.37. The average molecular weight is 341 g/mol. The lowest BCUT2D eigenvalue weighted by molar-refractivity contribution is 0.126. The molecule has 0 radical (unpaired) electrons. The molecule has 1 N–H and O–H groups in total. The number of rotatable bonds is 7. The van der Waals surface area contributed by atoms with Gasteiger partial charge in [-0.05, 0) is 23.3 Å². The molecule has 1 aromatic heterocycles. The van der Waals surface area contributed by atoms with Crippen molar-refractivity contribution in [2.24, 2.45) is 7.05 Å². The SMILES string of the molecule is Cn1cnnc1SC[C@@H](O)COc1ccc(-c2ccccc2)cc1. The van der Waals surface area contributed by atoms with E-state index in [1.54, 1.807) is 6.33 Å². The minimum Gasteiger partial charge on any atom is -0.491 e. The fourth-order valence-corrected chi connectivity index (χ4v) is 2.98. The molecule has 24 heavy (non-hydrogen) atoms. The number of thioether (sulfide) groups is 1. The Morgan fingerprint density at radius 1 is 1.08 bits per heavy atom. The minimum absolute atomic E-state index is 0.246. The van der Waals surface area contributed by atoms with Gasteiger partial charge < -0.3 is 14.4 Å². The van der Waals surface area contributed by atoms with Crippen molar-refractivity contribution < 1.29 is 9.84 Å². The van der Waals surface area contributed by atoms with E-state index < -0.39 is 6.10 Å². The van der Waals surface area contributed by atoms with Crippen LogP contribution < -0.4 is 4.74 Å². The number of aromatic nitrogens is 3. The number of hydrogen-bond donors (Lipinski definition) is 1. The van der Waals surface area contributed by atoms with Crippen LogP contribution in [0.4, 0.5) is 0 Å². The smallest absolute Gasteiger partial charge is 0.190 e. The molecule has 0 aliphatic carbocycles. The monoisotopic (exact) mass is 341 g/mol. The first-order chi connectivity index (χ1) is 11.7. The van der Waals surface area contributed by atoms with Crippen molar-refractivity contribution in [3.63, 3.8) is 0 Å². The lowest BCUT2D eigenvalue weighted by Crippen LogP contribution is -2.20. The van der Waals surface area contributed by atoms with E-state index in [2.05, 4.69) is 22.3 Å². The maximum absolute atomic E-state index is 10.0. The fraction of sp³-hybridized carbons (Fsp3) is 0.222. The first-order valence-electron chi connectivity index (χ1n) is 7.65. The molecule has 0 spiro atoms. The first-order valence-corrected chi connectivity index (χ1v) is 8.64. The normalized spacial score (nSPS) is 12.1. The third-order valence-corrected chi connectivity index (χ3v) is 4.66. The van der Waals surface area contributed by atoms with E-state index in [9.17, 15) is 5.11 Å². The van der Waals surface area contributed by atoms with Crippen molar-refractivity contribution in [1.29, 1.82) is 0 Å². The first kappa shape index (κ1) is 16.5. The van der Waals surface area contributed by atoms with Gasteiger partial charge in [-0.15, -0.1) is 10.2 Å². The Bertz CT molecular complexity index is 759. The summed E-state index contributed by atoms with van der Waals surface area (Å²) in [6.07, 6.45) is 1.07. The van der Waals surface area contributed by atoms with E-state index in [-0.39, 0.29) is 6.61 Å². The maximum Gasteiger partial charge on any atom is 0.190 e. The predicted molar refractivity (Wildman–Crippen MR) is 95.1 cm³/mol. The van der Waals surface area contributed by atoms with E-state index in [1.165, 1.54) is 17.3 Å². The van der Waals surface area contributed by atoms with Crippen LogP contribution in [0.1, 0.15) is 0 Å². The van der Waals surface area contributed by atoms with Crippen LogP contribution in [0, 0.1) is 0 Å². The number of benzene rings is 2. The standard InChI is InChI=1S/C18H19N3O2S/c1-21-13-19-20-18(21)24-12-16(22)11-23-17-9-7-15(8-10-17)14-5-3-2-4-6-14/h2-10,13,16,22H,11-12H2,1H3/t16-/m0/s1. The number of aryl methyl sites for hydroxylation is 1. The molecule has 0 aliphatic rings. The molecule has 5 nitrogen and oxygen atoms in total. The van der Waals surface area contributed by atoms with E-state index in [0.717, 1.165) is 16.5 Å². The maximum atomic E-state index is 10.0. The van der Waals surface area contributed by atoms with Crippen molar-refractivity contribution in [1.82, 2.24) is 14.8 Å². The summed E-state index contributed by atoms with van der Waals surface area (Å²) in [4.78, 5) is 0. The Kier molecular flexibility index (Phi) is 5.51. The number of hydrogen-bond acceptors (Lipinski definition) is 5. The number of ether oxygens (including phenoxy) is 1. The van der Waals surface area contributed by atoms with Crippen LogP contribution in [-0.2, 0) is 7.05 Å². The summed E-state index contributed by atoms with van der Waals surface area (Å²) in [6, 6.07) is 18.1. The molecule has 124 valence electrons. The highest BCUT2D eigenvalue weighted by Crippen LogP contribution is 2.22. The molecule has 0 amide bonds. The highest BCUT2D eigenvalue weighted by Gasteiger charge is 2.09. The van der Waals surface area contributed by atoms with E-state index in [1.807, 2.05) is 54.1 Å². The largest absolute Gasteiger partial charge is 0.491 e. The Morgan fingerprint density at radius 3 is 2.46 bits per heavy atom. The fourth-order valence-electron chi connectivity index (χ4n) is 2.19. The lowest BCUT2D eigenvalue weighted by atomic mass is 10.1. The minimum atomic E-state index is -0.569. The average Bonchev–Trinajstić information content (AvgIpc) is 3.04. The van der Waals surface area contributed by atoms with Gasteiger partial charge in [0.05, 0.1) is 6.10 Å². The quantitative estimate of drug-likeness (QED) is 0.670. The summed E-state index contributed by atoms with van der Waals surface area (Å²) in [7, 11) is 1.87. The zero-order chi connectivity index (χ0) is 16.8. The van der Waals surface area contributed by atoms with Gasteiger partial charge in [0.25, 0.3) is 0 Å². The summed E-state index contributed by atoms with van der Waals surface area (Å²) in [5.41, 5.74) is 2.31. The van der Waals surface area contributed by atoms with Gasteiger partial charge in [0.15, 0.2) is 5.16 Å². The van der Waals surface area contributed by atoms with E-state index >= 15 is 0 Å². The number of aliphatic hydroxyl groups excluding tert-OH is 1. The highest BCUT2D eigenvalue weighted by atomic mass is 32.2. The topological polar surface area (TPSA) is 60.2 Å². The van der Waals surface area contributed by atoms with Crippen molar-refractivity contribution in [2.45, 2.75) is 11.3 Å². The second kappa shape index (κ2) is 7.99. The number of aliphatic hydroxyl groups is 1. The zero-order valence-corrected chi connectivity index (χ0v) is 14.2. The summed E-state index contributed by atoms with van der Waals surface area (Å²) in [5.74, 6) is 1.26. The van der Waals surface area contributed by atoms with Gasteiger partial charge >= 0.3 is 0 Å². The van der Waals surface area contributed by atoms with Crippen LogP contribution >= 0.6 is 11.8 Å². The highest BCUT2D eigenvalue weighted by molar-refractivity contribution is 7.99. The van der Waals surface area contributed by atoms with Crippen LogP contribution in [0.25, 0.3) is 11.1 Å². The second-order valence-corrected chi connectivity index (χ2v) is 6.38. The van der Waals surface area contributed by atoms with Crippen LogP contribution in [0.3, 0.4) is 0 Å².